The van der Waals surface area contributed by atoms with Crippen molar-refractivity contribution in [2.75, 3.05) is 19.7 Å². The summed E-state index contributed by atoms with van der Waals surface area (Å²) in [6.45, 7) is 4.06. The van der Waals surface area contributed by atoms with E-state index in [-0.39, 0.29) is 0 Å². The quantitative estimate of drug-likeness (QED) is 0.360. The molecule has 47 valence electrons. The minimum Gasteiger partial charge on any atom is -0.424 e. The molecule has 0 unspecified atom stereocenters. The van der Waals surface area contributed by atoms with Gasteiger partial charge in [-0.05, 0) is 13.5 Å². The van der Waals surface area contributed by atoms with Crippen molar-refractivity contribution in [3.05, 3.63) is 0 Å². The lowest BCUT2D eigenvalue weighted by atomic mass is 10.3. The Labute approximate surface area is 50.9 Å². The van der Waals surface area contributed by atoms with Crippen molar-refractivity contribution < 1.29 is 4.65 Å². The van der Waals surface area contributed by atoms with E-state index < -0.39 is 0 Å². The smallest absolute Gasteiger partial charge is 0.395 e. The molecule has 0 spiro atoms. The topological polar surface area (TPSA) is 47.3 Å². The van der Waals surface area contributed by atoms with Crippen LogP contribution in [0, 0.1) is 0 Å². The van der Waals surface area contributed by atoms with Gasteiger partial charge in [0, 0.05) is 13.2 Å². The van der Waals surface area contributed by atoms with Crippen molar-refractivity contribution in [3.63, 3.8) is 0 Å². The van der Waals surface area contributed by atoms with Gasteiger partial charge in [-0.15, -0.1) is 0 Å². The number of hydrogen-bond acceptors (Lipinski definition) is 3. The summed E-state index contributed by atoms with van der Waals surface area (Å²) in [4.78, 5) is 0. The van der Waals surface area contributed by atoms with Gasteiger partial charge in [-0.2, -0.15) is 0 Å². The van der Waals surface area contributed by atoms with Crippen LogP contribution in [0.1, 0.15) is 6.92 Å². The summed E-state index contributed by atoms with van der Waals surface area (Å²) in [5, 5.41) is 2.86. The van der Waals surface area contributed by atoms with Gasteiger partial charge in [-0.1, -0.05) is 0 Å². The van der Waals surface area contributed by atoms with E-state index >= 15 is 0 Å². The summed E-state index contributed by atoms with van der Waals surface area (Å²) in [5.41, 5.74) is 5.17. The lowest BCUT2D eigenvalue weighted by Gasteiger charge is -1.97. The summed E-state index contributed by atoms with van der Waals surface area (Å²) < 4.78 is 4.84. The molecule has 0 aliphatic carbocycles. The van der Waals surface area contributed by atoms with Crippen LogP contribution in [-0.2, 0) is 4.65 Å². The van der Waals surface area contributed by atoms with Gasteiger partial charge >= 0.3 is 7.62 Å². The maximum atomic E-state index is 5.17. The van der Waals surface area contributed by atoms with Crippen molar-refractivity contribution in [1.82, 2.24) is 5.23 Å². The van der Waals surface area contributed by atoms with E-state index in [1.807, 2.05) is 6.92 Å². The van der Waals surface area contributed by atoms with E-state index in [2.05, 4.69) is 5.23 Å². The molecule has 0 atom stereocenters. The second-order valence-electron chi connectivity index (χ2n) is 1.32. The Balaban J connectivity index is 2.53. The van der Waals surface area contributed by atoms with E-state index in [0.717, 1.165) is 6.54 Å². The van der Waals surface area contributed by atoms with Crippen LogP contribution < -0.4 is 11.0 Å². The highest BCUT2D eigenvalue weighted by atomic mass is 16.4. The van der Waals surface area contributed by atoms with Crippen LogP contribution in [-0.4, -0.2) is 27.3 Å². The normalized spacial score (nSPS) is 9.25. The molecule has 3 N–H and O–H groups in total. The first-order chi connectivity index (χ1) is 3.91. The van der Waals surface area contributed by atoms with Crippen molar-refractivity contribution in [1.29, 1.82) is 0 Å². The van der Waals surface area contributed by atoms with Crippen molar-refractivity contribution in [2.24, 2.45) is 5.73 Å². The van der Waals surface area contributed by atoms with Crippen molar-refractivity contribution >= 4 is 7.62 Å². The summed E-state index contributed by atoms with van der Waals surface area (Å²) in [6, 6.07) is 0. The number of hydrogen-bond donors (Lipinski definition) is 2. The van der Waals surface area contributed by atoms with Crippen molar-refractivity contribution in [3.8, 4) is 0 Å². The van der Waals surface area contributed by atoms with Gasteiger partial charge in [0.25, 0.3) is 0 Å². The monoisotopic (exact) mass is 115 g/mol. The highest BCUT2D eigenvalue weighted by molar-refractivity contribution is 6.23. The SMILES string of the molecule is CCO[B]NCCN. The van der Waals surface area contributed by atoms with Crippen LogP contribution >= 0.6 is 0 Å². The standard InChI is InChI=1S/C4H12BN2O/c1-2-8-5-7-4-3-6/h7H,2-4,6H2,1H3. The van der Waals surface area contributed by atoms with E-state index in [1.165, 1.54) is 0 Å². The Morgan fingerprint density at radius 1 is 1.75 bits per heavy atom. The fraction of sp³-hybridized carbons (Fsp3) is 1.00. The first-order valence-electron chi connectivity index (χ1n) is 2.78. The second-order valence-corrected chi connectivity index (χ2v) is 1.32. The molecular formula is C4H12BN2O. The van der Waals surface area contributed by atoms with Crippen LogP contribution in [0.3, 0.4) is 0 Å². The van der Waals surface area contributed by atoms with Crippen LogP contribution in [0.5, 0.6) is 0 Å². The zero-order chi connectivity index (χ0) is 6.24. The van der Waals surface area contributed by atoms with Gasteiger partial charge in [-0.3, -0.25) is 0 Å². The fourth-order valence-electron chi connectivity index (χ4n) is 0.285. The molecule has 0 rings (SSSR count). The molecule has 0 aliphatic rings. The second kappa shape index (κ2) is 6.94. The maximum absolute atomic E-state index is 5.17. The molecule has 0 saturated heterocycles. The van der Waals surface area contributed by atoms with E-state index in [9.17, 15) is 0 Å². The number of nitrogens with one attached hydrogen (secondary N) is 1. The molecule has 1 radical (unpaired) electrons. The zero-order valence-corrected chi connectivity index (χ0v) is 5.18. The van der Waals surface area contributed by atoms with Crippen LogP contribution in [0.25, 0.3) is 0 Å². The molecule has 0 heterocycles. The third-order valence-corrected chi connectivity index (χ3v) is 0.622. The molecule has 3 nitrogen and oxygen atoms in total. The average Bonchev–Trinajstić information content (AvgIpc) is 1.81. The first-order valence-corrected chi connectivity index (χ1v) is 2.78. The van der Waals surface area contributed by atoms with Gasteiger partial charge in [-0.25, -0.2) is 0 Å². The Morgan fingerprint density at radius 3 is 3.00 bits per heavy atom. The van der Waals surface area contributed by atoms with E-state index in [1.54, 1.807) is 7.62 Å². The Morgan fingerprint density at radius 2 is 2.50 bits per heavy atom. The summed E-state index contributed by atoms with van der Waals surface area (Å²) in [7, 11) is 1.56. The molecule has 0 amide bonds. The van der Waals surface area contributed by atoms with Crippen LogP contribution in [0.4, 0.5) is 0 Å². The maximum Gasteiger partial charge on any atom is 0.395 e. The summed E-state index contributed by atoms with van der Waals surface area (Å²) >= 11 is 0. The molecule has 0 aliphatic heterocycles. The molecule has 8 heavy (non-hydrogen) atoms. The summed E-state index contributed by atoms with van der Waals surface area (Å²) in [5.74, 6) is 0. The fourth-order valence-corrected chi connectivity index (χ4v) is 0.285. The molecular weight excluding hydrogens is 103 g/mol. The molecule has 0 bridgehead atoms. The third kappa shape index (κ3) is 5.94. The van der Waals surface area contributed by atoms with Gasteiger partial charge < -0.3 is 15.6 Å². The predicted molar refractivity (Wildman–Crippen MR) is 34.4 cm³/mol. The molecule has 0 saturated carbocycles. The van der Waals surface area contributed by atoms with Gasteiger partial charge in [0.2, 0.25) is 0 Å². The molecule has 0 fully saturated rings. The zero-order valence-electron chi connectivity index (χ0n) is 5.18. The minimum atomic E-state index is 0.642. The third-order valence-electron chi connectivity index (χ3n) is 0.622. The predicted octanol–water partition coefficient (Wildman–Crippen LogP) is -0.895. The largest absolute Gasteiger partial charge is 0.424 e. The Hall–Kier alpha value is -0.0551. The van der Waals surface area contributed by atoms with Gasteiger partial charge in [0.1, 0.15) is 0 Å². The molecule has 0 aromatic carbocycles. The highest BCUT2D eigenvalue weighted by Gasteiger charge is 1.85. The number of rotatable bonds is 5. The number of nitrogens with two attached hydrogens (primary N) is 1. The lowest BCUT2D eigenvalue weighted by Crippen LogP contribution is -2.27. The van der Waals surface area contributed by atoms with E-state index in [4.69, 9.17) is 10.4 Å². The molecule has 0 aromatic heterocycles. The highest BCUT2D eigenvalue weighted by Crippen LogP contribution is 1.61. The van der Waals surface area contributed by atoms with E-state index in [0.29, 0.717) is 13.2 Å². The first kappa shape index (κ1) is 7.94. The Bertz CT molecular complexity index is 39.0. The lowest BCUT2D eigenvalue weighted by molar-refractivity contribution is 0.353. The van der Waals surface area contributed by atoms with Crippen LogP contribution in [0.15, 0.2) is 0 Å². The van der Waals surface area contributed by atoms with Gasteiger partial charge in [0.05, 0.1) is 0 Å². The summed E-state index contributed by atoms with van der Waals surface area (Å²) in [6.07, 6.45) is 0. The van der Waals surface area contributed by atoms with Crippen molar-refractivity contribution in [2.45, 2.75) is 6.92 Å². The Kier molecular flexibility index (Phi) is 6.90. The van der Waals surface area contributed by atoms with Gasteiger partial charge in [0.15, 0.2) is 0 Å². The minimum absolute atomic E-state index is 0.642. The molecule has 0 aromatic rings. The average molecular weight is 115 g/mol. The van der Waals surface area contributed by atoms with Crippen LogP contribution in [0.2, 0.25) is 0 Å². The molecule has 4 heteroatoms.